The van der Waals surface area contributed by atoms with Crippen molar-refractivity contribution in [1.29, 1.82) is 0 Å². The molecule has 9 heteroatoms. The van der Waals surface area contributed by atoms with Crippen LogP contribution in [0.15, 0.2) is 18.2 Å². The Morgan fingerprint density at radius 2 is 1.67 bits per heavy atom. The van der Waals surface area contributed by atoms with E-state index in [0.29, 0.717) is 36.3 Å². The molecule has 3 aliphatic heterocycles. The predicted octanol–water partition coefficient (Wildman–Crippen LogP) is 1.43. The van der Waals surface area contributed by atoms with Crippen LogP contribution in [-0.2, 0) is 20.7 Å². The molecule has 3 aliphatic rings. The standard InChI is InChI=1S/C21H27Cl2N3O4/c22-15-4-3-14(9-16(15)23)10-19(28)26-8-7-25(20(29)11-27)18-13-30-12-17(21(18)26)24-5-1-2-6-24/h3-4,9,17-18,21,27H,1-2,5-8,10-13H2/t17-,18?,21+/m0/s1. The number of nitrogens with zero attached hydrogens (tertiary/aromatic N) is 3. The van der Waals surface area contributed by atoms with E-state index in [9.17, 15) is 14.7 Å². The summed E-state index contributed by atoms with van der Waals surface area (Å²) in [4.78, 5) is 31.7. The number of hydrogen-bond donors (Lipinski definition) is 1. The third kappa shape index (κ3) is 4.32. The van der Waals surface area contributed by atoms with E-state index in [-0.39, 0.29) is 36.4 Å². The molecule has 3 saturated heterocycles. The van der Waals surface area contributed by atoms with E-state index in [1.54, 1.807) is 17.0 Å². The summed E-state index contributed by atoms with van der Waals surface area (Å²) < 4.78 is 5.88. The molecule has 3 fully saturated rings. The van der Waals surface area contributed by atoms with E-state index in [0.717, 1.165) is 31.5 Å². The average molecular weight is 456 g/mol. The van der Waals surface area contributed by atoms with Crippen LogP contribution < -0.4 is 0 Å². The molecule has 1 N–H and O–H groups in total. The number of carbonyl (C=O) groups is 2. The summed E-state index contributed by atoms with van der Waals surface area (Å²) in [5, 5.41) is 10.3. The molecule has 1 aromatic rings. The Balaban J connectivity index is 1.59. The Morgan fingerprint density at radius 1 is 0.967 bits per heavy atom. The minimum absolute atomic E-state index is 0.00517. The molecule has 3 heterocycles. The topological polar surface area (TPSA) is 73.3 Å². The van der Waals surface area contributed by atoms with E-state index >= 15 is 0 Å². The summed E-state index contributed by atoms with van der Waals surface area (Å²) in [6.07, 6.45) is 2.48. The molecule has 0 aliphatic carbocycles. The number of likely N-dealkylation sites (tertiary alicyclic amines) is 1. The number of benzene rings is 1. The lowest BCUT2D eigenvalue weighted by molar-refractivity contribution is -0.164. The molecule has 1 aromatic carbocycles. The largest absolute Gasteiger partial charge is 0.387 e. The van der Waals surface area contributed by atoms with Crippen LogP contribution in [-0.4, -0.2) is 95.7 Å². The molecule has 1 unspecified atom stereocenters. The fourth-order valence-corrected chi connectivity index (χ4v) is 5.32. The normalized spacial score (nSPS) is 27.2. The van der Waals surface area contributed by atoms with Gasteiger partial charge in [0.25, 0.3) is 0 Å². The van der Waals surface area contributed by atoms with Gasteiger partial charge in [-0.05, 0) is 43.6 Å². The van der Waals surface area contributed by atoms with Crippen molar-refractivity contribution in [1.82, 2.24) is 14.7 Å². The van der Waals surface area contributed by atoms with E-state index in [1.807, 2.05) is 11.0 Å². The van der Waals surface area contributed by atoms with E-state index in [1.165, 1.54) is 0 Å². The molecule has 164 valence electrons. The third-order valence-electron chi connectivity index (χ3n) is 6.43. The summed E-state index contributed by atoms with van der Waals surface area (Å²) >= 11 is 12.1. The molecule has 4 rings (SSSR count). The lowest BCUT2D eigenvalue weighted by Gasteiger charge is -2.54. The van der Waals surface area contributed by atoms with Crippen LogP contribution in [0.5, 0.6) is 0 Å². The highest BCUT2D eigenvalue weighted by atomic mass is 35.5. The minimum Gasteiger partial charge on any atom is -0.387 e. The molecular weight excluding hydrogens is 429 g/mol. The van der Waals surface area contributed by atoms with Crippen LogP contribution in [0, 0.1) is 0 Å². The number of rotatable bonds is 4. The van der Waals surface area contributed by atoms with Crippen LogP contribution >= 0.6 is 23.2 Å². The van der Waals surface area contributed by atoms with Gasteiger partial charge in [0.15, 0.2) is 0 Å². The zero-order valence-electron chi connectivity index (χ0n) is 16.8. The van der Waals surface area contributed by atoms with Gasteiger partial charge in [-0.1, -0.05) is 29.3 Å². The first kappa shape index (κ1) is 21.8. The molecule has 30 heavy (non-hydrogen) atoms. The fourth-order valence-electron chi connectivity index (χ4n) is 5.00. The third-order valence-corrected chi connectivity index (χ3v) is 7.17. The van der Waals surface area contributed by atoms with Gasteiger partial charge in [0.2, 0.25) is 11.8 Å². The number of piperazine rings is 1. The quantitative estimate of drug-likeness (QED) is 0.743. The van der Waals surface area contributed by atoms with Crippen LogP contribution in [0.4, 0.5) is 0 Å². The van der Waals surface area contributed by atoms with Gasteiger partial charge in [-0.3, -0.25) is 14.5 Å². The molecule has 3 atom stereocenters. The molecule has 0 aromatic heterocycles. The average Bonchev–Trinajstić information content (AvgIpc) is 3.29. The molecule has 0 spiro atoms. The molecule has 0 radical (unpaired) electrons. The molecule has 0 bridgehead atoms. The van der Waals surface area contributed by atoms with Gasteiger partial charge in [0.1, 0.15) is 6.61 Å². The van der Waals surface area contributed by atoms with Gasteiger partial charge < -0.3 is 19.6 Å². The highest BCUT2D eigenvalue weighted by molar-refractivity contribution is 6.42. The second-order valence-corrected chi connectivity index (χ2v) is 8.98. The summed E-state index contributed by atoms with van der Waals surface area (Å²) in [6.45, 7) is 3.16. The fraction of sp³-hybridized carbons (Fsp3) is 0.619. The van der Waals surface area contributed by atoms with Gasteiger partial charge in [-0.25, -0.2) is 0 Å². The number of carbonyl (C=O) groups excluding carboxylic acids is 2. The van der Waals surface area contributed by atoms with Gasteiger partial charge in [0, 0.05) is 13.1 Å². The highest BCUT2D eigenvalue weighted by Gasteiger charge is 2.48. The predicted molar refractivity (Wildman–Crippen MR) is 114 cm³/mol. The maximum absolute atomic E-state index is 13.4. The van der Waals surface area contributed by atoms with Crippen LogP contribution in [0.2, 0.25) is 10.0 Å². The molecule has 2 amide bonds. The number of hydrogen-bond acceptors (Lipinski definition) is 5. The minimum atomic E-state index is -0.533. The maximum Gasteiger partial charge on any atom is 0.248 e. The van der Waals surface area contributed by atoms with Crippen molar-refractivity contribution < 1.29 is 19.4 Å². The number of halogens is 2. The van der Waals surface area contributed by atoms with Crippen molar-refractivity contribution in [3.05, 3.63) is 33.8 Å². The van der Waals surface area contributed by atoms with Gasteiger partial charge in [-0.2, -0.15) is 0 Å². The molecule has 0 saturated carbocycles. The zero-order chi connectivity index (χ0) is 21.3. The Morgan fingerprint density at radius 3 is 2.37 bits per heavy atom. The van der Waals surface area contributed by atoms with Crippen LogP contribution in [0.25, 0.3) is 0 Å². The van der Waals surface area contributed by atoms with Crippen molar-refractivity contribution >= 4 is 35.0 Å². The van der Waals surface area contributed by atoms with E-state index in [2.05, 4.69) is 4.90 Å². The van der Waals surface area contributed by atoms with E-state index < -0.39 is 6.61 Å². The molecule has 7 nitrogen and oxygen atoms in total. The second-order valence-electron chi connectivity index (χ2n) is 8.16. The summed E-state index contributed by atoms with van der Waals surface area (Å²) in [7, 11) is 0. The first-order valence-electron chi connectivity index (χ1n) is 10.4. The van der Waals surface area contributed by atoms with Gasteiger partial charge in [0.05, 0.1) is 47.8 Å². The molecular formula is C21H27Cl2N3O4. The lowest BCUT2D eigenvalue weighted by atomic mass is 9.90. The Kier molecular flexibility index (Phi) is 6.85. The zero-order valence-corrected chi connectivity index (χ0v) is 18.3. The van der Waals surface area contributed by atoms with Crippen molar-refractivity contribution in [3.63, 3.8) is 0 Å². The first-order chi connectivity index (χ1) is 14.5. The van der Waals surface area contributed by atoms with E-state index in [4.69, 9.17) is 27.9 Å². The Bertz CT molecular complexity index is 802. The smallest absolute Gasteiger partial charge is 0.248 e. The SMILES string of the molecule is O=C(CO)N1CCN(C(=O)Cc2ccc(Cl)c(Cl)c2)[C@H]2C1COC[C@@H]2N1CCCC1. The number of aliphatic hydroxyl groups excluding tert-OH is 1. The van der Waals surface area contributed by atoms with Crippen molar-refractivity contribution in [2.75, 3.05) is 46.0 Å². The van der Waals surface area contributed by atoms with Gasteiger partial charge >= 0.3 is 0 Å². The van der Waals surface area contributed by atoms with Crippen LogP contribution in [0.3, 0.4) is 0 Å². The summed E-state index contributed by atoms with van der Waals surface area (Å²) in [6, 6.07) is 4.88. The van der Waals surface area contributed by atoms with Crippen molar-refractivity contribution in [2.45, 2.75) is 37.4 Å². The monoisotopic (exact) mass is 455 g/mol. The number of aliphatic hydroxyl groups is 1. The maximum atomic E-state index is 13.4. The Labute approximate surface area is 186 Å². The Hall–Kier alpha value is -1.38. The lowest BCUT2D eigenvalue weighted by Crippen LogP contribution is -2.72. The van der Waals surface area contributed by atoms with Crippen LogP contribution in [0.1, 0.15) is 18.4 Å². The summed E-state index contributed by atoms with van der Waals surface area (Å²) in [5.74, 6) is -0.308. The number of amides is 2. The summed E-state index contributed by atoms with van der Waals surface area (Å²) in [5.41, 5.74) is 0.810. The second kappa shape index (κ2) is 9.40. The van der Waals surface area contributed by atoms with Crippen molar-refractivity contribution in [3.8, 4) is 0 Å². The first-order valence-corrected chi connectivity index (χ1v) is 11.2. The van der Waals surface area contributed by atoms with Gasteiger partial charge in [-0.15, -0.1) is 0 Å². The number of ether oxygens (including phenoxy) is 1. The highest BCUT2D eigenvalue weighted by Crippen LogP contribution is 2.30. The van der Waals surface area contributed by atoms with Crippen molar-refractivity contribution in [2.24, 2.45) is 0 Å². The number of fused-ring (bicyclic) bond motifs is 1.